The van der Waals surface area contributed by atoms with Crippen LogP contribution in [0.2, 0.25) is 0 Å². The van der Waals surface area contributed by atoms with Crippen LogP contribution in [-0.2, 0) is 11.3 Å². The summed E-state index contributed by atoms with van der Waals surface area (Å²) in [6.45, 7) is 2.15. The number of benzene rings is 3. The van der Waals surface area contributed by atoms with E-state index in [4.69, 9.17) is 0 Å². The molecule has 0 spiro atoms. The van der Waals surface area contributed by atoms with Gasteiger partial charge in [-0.2, -0.15) is 0 Å². The zero-order valence-electron chi connectivity index (χ0n) is 15.8. The van der Waals surface area contributed by atoms with Crippen LogP contribution in [-0.4, -0.2) is 23.8 Å². The third-order valence-electron chi connectivity index (χ3n) is 4.90. The normalized spacial score (nSPS) is 17.9. The maximum Gasteiger partial charge on any atom is 0.187 e. The molecule has 1 fully saturated rings. The summed E-state index contributed by atoms with van der Waals surface area (Å²) in [6.07, 6.45) is 4.05. The highest BCUT2D eigenvalue weighted by atomic mass is 16.1. The quantitative estimate of drug-likeness (QED) is 0.590. The van der Waals surface area contributed by atoms with Crippen LogP contribution in [0.1, 0.15) is 16.7 Å². The number of likely N-dealkylation sites (tertiary alicyclic amines) is 1. The average Bonchev–Trinajstić information content (AvgIpc) is 2.74. The van der Waals surface area contributed by atoms with Gasteiger partial charge in [0.2, 0.25) is 0 Å². The van der Waals surface area contributed by atoms with Gasteiger partial charge in [0, 0.05) is 30.8 Å². The molecule has 3 aromatic carbocycles. The van der Waals surface area contributed by atoms with Crippen molar-refractivity contribution in [2.24, 2.45) is 0 Å². The van der Waals surface area contributed by atoms with Crippen molar-refractivity contribution >= 4 is 17.9 Å². The Labute approximate surface area is 166 Å². The fourth-order valence-corrected chi connectivity index (χ4v) is 3.56. The predicted molar refractivity (Wildman–Crippen MR) is 116 cm³/mol. The van der Waals surface area contributed by atoms with Crippen molar-refractivity contribution in [3.8, 4) is 0 Å². The summed E-state index contributed by atoms with van der Waals surface area (Å²) in [5, 5.41) is 0. The zero-order chi connectivity index (χ0) is 19.2. The second-order valence-corrected chi connectivity index (χ2v) is 7.12. The third kappa shape index (κ3) is 4.54. The van der Waals surface area contributed by atoms with Crippen LogP contribution in [0.3, 0.4) is 0 Å². The molecule has 0 radical (unpaired) electrons. The van der Waals surface area contributed by atoms with Crippen molar-refractivity contribution in [1.29, 1.82) is 0 Å². The Bertz CT molecular complexity index is 927. The van der Waals surface area contributed by atoms with Crippen molar-refractivity contribution in [3.63, 3.8) is 0 Å². The van der Waals surface area contributed by atoms with Crippen molar-refractivity contribution in [3.05, 3.63) is 119 Å². The summed E-state index contributed by atoms with van der Waals surface area (Å²) in [5.41, 5.74) is 5.07. The summed E-state index contributed by atoms with van der Waals surface area (Å²) < 4.78 is 0. The first-order valence-corrected chi connectivity index (χ1v) is 9.60. The molecule has 1 saturated heterocycles. The van der Waals surface area contributed by atoms with Gasteiger partial charge in [-0.15, -0.1) is 0 Å². The lowest BCUT2D eigenvalue weighted by molar-refractivity contribution is -0.113. The van der Waals surface area contributed by atoms with Gasteiger partial charge in [0.15, 0.2) is 5.78 Å². The molecule has 4 rings (SSSR count). The molecular weight excluding hydrogens is 342 g/mol. The molecule has 0 atom stereocenters. The second-order valence-electron chi connectivity index (χ2n) is 7.12. The summed E-state index contributed by atoms with van der Waals surface area (Å²) in [4.78, 5) is 15.5. The van der Waals surface area contributed by atoms with Crippen LogP contribution >= 0.6 is 0 Å². The van der Waals surface area contributed by atoms with Crippen molar-refractivity contribution < 1.29 is 4.79 Å². The molecule has 0 aromatic heterocycles. The molecule has 28 heavy (non-hydrogen) atoms. The van der Waals surface area contributed by atoms with Gasteiger partial charge in [0.25, 0.3) is 0 Å². The maximum atomic E-state index is 13.2. The molecule has 2 heteroatoms. The minimum absolute atomic E-state index is 0.150. The maximum absolute atomic E-state index is 13.2. The van der Waals surface area contributed by atoms with Crippen LogP contribution in [0, 0.1) is 0 Å². The topological polar surface area (TPSA) is 20.3 Å². The van der Waals surface area contributed by atoms with Crippen LogP contribution in [0.25, 0.3) is 12.2 Å². The molecule has 138 valence electrons. The molecule has 0 amide bonds. The minimum atomic E-state index is 0.150. The van der Waals surface area contributed by atoms with Gasteiger partial charge in [-0.3, -0.25) is 9.69 Å². The standard InChI is InChI=1S/C26H23NO/c28-26-24(16-21-10-4-1-5-11-21)19-27(18-23-14-8-3-9-15-23)20-25(26)17-22-12-6-2-7-13-22/h1-17H,18-20H2/b24-16+,25-17+. The molecule has 0 aliphatic carbocycles. The van der Waals surface area contributed by atoms with Gasteiger partial charge in [0.05, 0.1) is 0 Å². The summed E-state index contributed by atoms with van der Waals surface area (Å²) in [6, 6.07) is 30.6. The largest absolute Gasteiger partial charge is 0.290 e. The predicted octanol–water partition coefficient (Wildman–Crippen LogP) is 5.24. The number of ketones is 1. The van der Waals surface area contributed by atoms with E-state index in [0.717, 1.165) is 28.8 Å². The number of Topliss-reactive ketones (excluding diaryl/α,β-unsaturated/α-hetero) is 1. The summed E-state index contributed by atoms with van der Waals surface area (Å²) in [5.74, 6) is 0.150. The average molecular weight is 365 g/mol. The molecule has 1 heterocycles. The molecule has 0 N–H and O–H groups in total. The van der Waals surface area contributed by atoms with Crippen LogP contribution in [0.15, 0.2) is 102 Å². The first-order valence-electron chi connectivity index (χ1n) is 9.60. The van der Waals surface area contributed by atoms with Gasteiger partial charge in [0.1, 0.15) is 0 Å². The highest BCUT2D eigenvalue weighted by molar-refractivity contribution is 6.14. The zero-order valence-corrected chi connectivity index (χ0v) is 15.8. The number of carbonyl (C=O) groups excluding carboxylic acids is 1. The van der Waals surface area contributed by atoms with E-state index in [1.165, 1.54) is 5.56 Å². The number of hydrogen-bond acceptors (Lipinski definition) is 2. The number of hydrogen-bond donors (Lipinski definition) is 0. The second kappa shape index (κ2) is 8.64. The molecule has 1 aliphatic heterocycles. The Balaban J connectivity index is 1.66. The van der Waals surface area contributed by atoms with E-state index in [1.54, 1.807) is 0 Å². The monoisotopic (exact) mass is 365 g/mol. The lowest BCUT2D eigenvalue weighted by atomic mass is 9.94. The summed E-state index contributed by atoms with van der Waals surface area (Å²) in [7, 11) is 0. The fourth-order valence-electron chi connectivity index (χ4n) is 3.56. The van der Waals surface area contributed by atoms with Gasteiger partial charge in [-0.25, -0.2) is 0 Å². The number of nitrogens with zero attached hydrogens (tertiary/aromatic N) is 1. The van der Waals surface area contributed by atoms with E-state index < -0.39 is 0 Å². The first-order chi connectivity index (χ1) is 13.8. The molecule has 0 saturated carbocycles. The Morgan fingerprint density at radius 2 is 1.07 bits per heavy atom. The van der Waals surface area contributed by atoms with Gasteiger partial charge in [-0.1, -0.05) is 91.0 Å². The van der Waals surface area contributed by atoms with Gasteiger partial charge >= 0.3 is 0 Å². The highest BCUT2D eigenvalue weighted by Crippen LogP contribution is 2.23. The van der Waals surface area contributed by atoms with Crippen molar-refractivity contribution in [2.75, 3.05) is 13.1 Å². The van der Waals surface area contributed by atoms with Crippen molar-refractivity contribution in [2.45, 2.75) is 6.54 Å². The van der Waals surface area contributed by atoms with E-state index in [2.05, 4.69) is 29.2 Å². The lowest BCUT2D eigenvalue weighted by Gasteiger charge is -2.30. The number of rotatable bonds is 4. The van der Waals surface area contributed by atoms with Gasteiger partial charge in [-0.05, 0) is 28.8 Å². The number of piperidine rings is 1. The Kier molecular flexibility index (Phi) is 5.60. The van der Waals surface area contributed by atoms with Crippen LogP contribution in [0.4, 0.5) is 0 Å². The summed E-state index contributed by atoms with van der Waals surface area (Å²) >= 11 is 0. The third-order valence-corrected chi connectivity index (χ3v) is 4.90. The minimum Gasteiger partial charge on any atom is -0.290 e. The SMILES string of the molecule is O=C1/C(=C/c2ccccc2)CN(Cc2ccccc2)C/C1=C\c1ccccc1. The van der Waals surface area contributed by atoms with E-state index in [0.29, 0.717) is 13.1 Å². The first kappa shape index (κ1) is 18.1. The van der Waals surface area contributed by atoms with Crippen molar-refractivity contribution in [1.82, 2.24) is 4.90 Å². The smallest absolute Gasteiger partial charge is 0.187 e. The lowest BCUT2D eigenvalue weighted by Crippen LogP contribution is -2.37. The van der Waals surface area contributed by atoms with Crippen LogP contribution in [0.5, 0.6) is 0 Å². The van der Waals surface area contributed by atoms with E-state index in [-0.39, 0.29) is 5.78 Å². The molecule has 0 unspecified atom stereocenters. The Morgan fingerprint density at radius 1 is 0.643 bits per heavy atom. The number of carbonyl (C=O) groups is 1. The molecule has 1 aliphatic rings. The fraction of sp³-hybridized carbons (Fsp3) is 0.115. The molecule has 3 aromatic rings. The Morgan fingerprint density at radius 3 is 1.54 bits per heavy atom. The highest BCUT2D eigenvalue weighted by Gasteiger charge is 2.26. The van der Waals surface area contributed by atoms with E-state index in [9.17, 15) is 4.79 Å². The van der Waals surface area contributed by atoms with E-state index >= 15 is 0 Å². The van der Waals surface area contributed by atoms with Crippen LogP contribution < -0.4 is 0 Å². The van der Waals surface area contributed by atoms with E-state index in [1.807, 2.05) is 78.9 Å². The molecule has 2 nitrogen and oxygen atoms in total. The Hall–Kier alpha value is -3.23. The molecule has 0 bridgehead atoms. The molecular formula is C26H23NO. The van der Waals surface area contributed by atoms with Gasteiger partial charge < -0.3 is 0 Å².